The molecule has 26 heavy (non-hydrogen) atoms. The van der Waals surface area contributed by atoms with E-state index in [1.807, 2.05) is 38.3 Å². The summed E-state index contributed by atoms with van der Waals surface area (Å²) in [5.74, 6) is 7.19. The molecule has 0 spiro atoms. The quantitative estimate of drug-likeness (QED) is 0.625. The van der Waals surface area contributed by atoms with Crippen LogP contribution in [-0.2, 0) is 0 Å². The normalized spacial score (nSPS) is 13.9. The Labute approximate surface area is 154 Å². The molecule has 2 heterocycles. The first-order valence-electron chi connectivity index (χ1n) is 8.57. The second-order valence-electron chi connectivity index (χ2n) is 6.39. The van der Waals surface area contributed by atoms with Crippen molar-refractivity contribution in [3.8, 4) is 5.75 Å². The van der Waals surface area contributed by atoms with Gasteiger partial charge in [0.15, 0.2) is 0 Å². The zero-order valence-electron chi connectivity index (χ0n) is 15.5. The molecule has 0 unspecified atom stereocenters. The lowest BCUT2D eigenvalue weighted by molar-refractivity contribution is 0.415. The van der Waals surface area contributed by atoms with Crippen LogP contribution in [0.15, 0.2) is 41.4 Å². The summed E-state index contributed by atoms with van der Waals surface area (Å²) < 4.78 is 5.47. The van der Waals surface area contributed by atoms with E-state index in [0.717, 1.165) is 51.9 Å². The molecule has 0 radical (unpaired) electrons. The average Bonchev–Trinajstić information content (AvgIpc) is 2.65. The van der Waals surface area contributed by atoms with Gasteiger partial charge in [-0.05, 0) is 60.8 Å². The molecule has 0 saturated heterocycles. The number of hydrogen-bond donors (Lipinski definition) is 2. The molecule has 5 nitrogen and oxygen atoms in total. The number of dihydropyridines is 1. The zero-order chi connectivity index (χ0) is 18.7. The number of benzene rings is 1. The number of pyridine rings is 1. The summed E-state index contributed by atoms with van der Waals surface area (Å²) in [6, 6.07) is 3.99. The number of fused-ring (bicyclic) bond motifs is 1. The van der Waals surface area contributed by atoms with Gasteiger partial charge in [-0.3, -0.25) is 4.99 Å². The highest BCUT2D eigenvalue weighted by Crippen LogP contribution is 2.35. The van der Waals surface area contributed by atoms with E-state index < -0.39 is 0 Å². The van der Waals surface area contributed by atoms with Crippen molar-refractivity contribution in [3.63, 3.8) is 0 Å². The number of methoxy groups -OCH3 is 1. The standard InChI is InChI=1S/C21H24N4O/c1-13(2)19-17(6-5-15-7-9-23-10-8-15)18-12-16(26-4)11-14(3)20(18)24-21(19)25-22/h5-7,9,11-12H,1,8,10,22H2,2-4H3,(H,24,25)/b6-5+. The van der Waals surface area contributed by atoms with E-state index in [0.29, 0.717) is 5.82 Å². The molecule has 0 amide bonds. The Morgan fingerprint density at radius 1 is 1.35 bits per heavy atom. The van der Waals surface area contributed by atoms with Crippen molar-refractivity contribution in [3.05, 3.63) is 53.1 Å². The second-order valence-corrected chi connectivity index (χ2v) is 6.39. The Kier molecular flexibility index (Phi) is 5.19. The molecule has 0 saturated carbocycles. The highest BCUT2D eigenvalue weighted by Gasteiger charge is 2.16. The van der Waals surface area contributed by atoms with Crippen LogP contribution in [0, 0.1) is 6.92 Å². The van der Waals surface area contributed by atoms with Crippen LogP contribution in [0.2, 0.25) is 0 Å². The minimum absolute atomic E-state index is 0.622. The number of allylic oxidation sites excluding steroid dienone is 3. The number of nitrogens with zero attached hydrogens (tertiary/aromatic N) is 2. The van der Waals surface area contributed by atoms with Gasteiger partial charge in [0.1, 0.15) is 11.6 Å². The Morgan fingerprint density at radius 3 is 2.77 bits per heavy atom. The molecule has 0 bridgehead atoms. The number of anilines is 1. The third-order valence-electron chi connectivity index (χ3n) is 4.48. The molecule has 1 aromatic heterocycles. The van der Waals surface area contributed by atoms with E-state index in [1.54, 1.807) is 7.11 Å². The van der Waals surface area contributed by atoms with E-state index >= 15 is 0 Å². The maximum atomic E-state index is 5.76. The van der Waals surface area contributed by atoms with Crippen LogP contribution < -0.4 is 16.0 Å². The van der Waals surface area contributed by atoms with Crippen LogP contribution in [0.1, 0.15) is 30.0 Å². The van der Waals surface area contributed by atoms with Crippen molar-refractivity contribution in [2.24, 2.45) is 10.8 Å². The fourth-order valence-corrected chi connectivity index (χ4v) is 3.19. The lowest BCUT2D eigenvalue weighted by Crippen LogP contribution is -2.12. The van der Waals surface area contributed by atoms with Crippen LogP contribution in [0.3, 0.4) is 0 Å². The van der Waals surface area contributed by atoms with E-state index in [9.17, 15) is 0 Å². The maximum Gasteiger partial charge on any atom is 0.148 e. The topological polar surface area (TPSA) is 72.5 Å². The summed E-state index contributed by atoms with van der Waals surface area (Å²) in [7, 11) is 1.67. The van der Waals surface area contributed by atoms with E-state index in [-0.39, 0.29) is 0 Å². The van der Waals surface area contributed by atoms with Gasteiger partial charge in [-0.15, -0.1) is 0 Å². The van der Waals surface area contributed by atoms with E-state index in [2.05, 4.69) is 29.1 Å². The fraction of sp³-hybridized carbons (Fsp3) is 0.238. The summed E-state index contributed by atoms with van der Waals surface area (Å²) in [6.45, 7) is 8.93. The zero-order valence-corrected chi connectivity index (χ0v) is 15.5. The lowest BCUT2D eigenvalue weighted by Gasteiger charge is -2.17. The van der Waals surface area contributed by atoms with Crippen molar-refractivity contribution in [1.29, 1.82) is 0 Å². The number of aromatic nitrogens is 1. The molecule has 5 heteroatoms. The highest BCUT2D eigenvalue weighted by molar-refractivity contribution is 5.98. The van der Waals surface area contributed by atoms with Crippen LogP contribution in [0.4, 0.5) is 5.82 Å². The predicted octanol–water partition coefficient (Wildman–Crippen LogP) is 4.28. The van der Waals surface area contributed by atoms with Crippen LogP contribution >= 0.6 is 0 Å². The second kappa shape index (κ2) is 7.54. The minimum atomic E-state index is 0.622. The first-order chi connectivity index (χ1) is 12.5. The first kappa shape index (κ1) is 17.9. The smallest absolute Gasteiger partial charge is 0.148 e. The number of nitrogens with one attached hydrogen (secondary N) is 1. The molecule has 0 aliphatic carbocycles. The summed E-state index contributed by atoms with van der Waals surface area (Å²) >= 11 is 0. The van der Waals surface area contributed by atoms with Crippen molar-refractivity contribution in [1.82, 2.24) is 4.98 Å². The van der Waals surface area contributed by atoms with Gasteiger partial charge in [0, 0.05) is 23.7 Å². The van der Waals surface area contributed by atoms with Gasteiger partial charge in [0.25, 0.3) is 0 Å². The molecular formula is C21H24N4O. The number of aliphatic imine (C=N–C) groups is 1. The highest BCUT2D eigenvalue weighted by atomic mass is 16.5. The number of nitrogen functional groups attached to an aromatic ring is 1. The van der Waals surface area contributed by atoms with Crippen LogP contribution in [-0.4, -0.2) is 24.9 Å². The van der Waals surface area contributed by atoms with Gasteiger partial charge in [-0.2, -0.15) is 0 Å². The Morgan fingerprint density at radius 2 is 2.15 bits per heavy atom. The van der Waals surface area contributed by atoms with Gasteiger partial charge in [-0.25, -0.2) is 10.8 Å². The molecule has 3 rings (SSSR count). The summed E-state index contributed by atoms with van der Waals surface area (Å²) in [4.78, 5) is 8.96. The number of aryl methyl sites for hydroxylation is 1. The number of ether oxygens (including phenoxy) is 1. The first-order valence-corrected chi connectivity index (χ1v) is 8.57. The number of rotatable bonds is 5. The van der Waals surface area contributed by atoms with Crippen molar-refractivity contribution in [2.75, 3.05) is 19.1 Å². The average molecular weight is 348 g/mol. The maximum absolute atomic E-state index is 5.76. The van der Waals surface area contributed by atoms with Crippen LogP contribution in [0.5, 0.6) is 5.75 Å². The van der Waals surface area contributed by atoms with Gasteiger partial charge in [0.05, 0.1) is 12.6 Å². The van der Waals surface area contributed by atoms with Crippen molar-refractivity contribution in [2.45, 2.75) is 20.3 Å². The van der Waals surface area contributed by atoms with Crippen molar-refractivity contribution >= 4 is 34.6 Å². The summed E-state index contributed by atoms with van der Waals surface area (Å²) in [5, 5.41) is 1.01. The molecule has 2 aromatic rings. The Hall–Kier alpha value is -2.92. The molecule has 1 aliphatic rings. The molecule has 0 fully saturated rings. The number of hydrazine groups is 1. The molecule has 0 atom stereocenters. The number of nitrogens with two attached hydrogens (primary N) is 1. The third kappa shape index (κ3) is 3.39. The Balaban J connectivity index is 2.30. The van der Waals surface area contributed by atoms with Gasteiger partial charge in [-0.1, -0.05) is 18.7 Å². The number of hydrogen-bond acceptors (Lipinski definition) is 5. The van der Waals surface area contributed by atoms with Crippen LogP contribution in [0.25, 0.3) is 22.6 Å². The van der Waals surface area contributed by atoms with E-state index in [1.165, 1.54) is 5.57 Å². The Bertz CT molecular complexity index is 954. The lowest BCUT2D eigenvalue weighted by atomic mass is 9.95. The molecule has 134 valence electrons. The predicted molar refractivity (Wildman–Crippen MR) is 111 cm³/mol. The minimum Gasteiger partial charge on any atom is -0.497 e. The fourth-order valence-electron chi connectivity index (χ4n) is 3.19. The van der Waals surface area contributed by atoms with Crippen molar-refractivity contribution < 1.29 is 4.74 Å². The molecule has 1 aromatic carbocycles. The SMILES string of the molecule is C=C(C)c1c(NN)nc2c(C)cc(OC)cc2c1/C=C/C1=CC=NCC1. The third-order valence-corrected chi connectivity index (χ3v) is 4.48. The van der Waals surface area contributed by atoms with Gasteiger partial charge >= 0.3 is 0 Å². The van der Waals surface area contributed by atoms with E-state index in [4.69, 9.17) is 15.6 Å². The molecular weight excluding hydrogens is 324 g/mol. The van der Waals surface area contributed by atoms with Gasteiger partial charge < -0.3 is 10.2 Å². The molecule has 3 N–H and O–H groups in total. The molecule has 1 aliphatic heterocycles. The van der Waals surface area contributed by atoms with Gasteiger partial charge in [0.2, 0.25) is 0 Å². The monoisotopic (exact) mass is 348 g/mol. The largest absolute Gasteiger partial charge is 0.497 e. The summed E-state index contributed by atoms with van der Waals surface area (Å²) in [5.41, 5.74) is 8.72. The summed E-state index contributed by atoms with van der Waals surface area (Å²) in [6.07, 6.45) is 9.06.